The number of carbonyl (C=O) groups is 2. The molecule has 0 aromatic heterocycles. The Balaban J connectivity index is 2.25. The largest absolute Gasteiger partial charge is 0.357 e. The monoisotopic (exact) mass is 358 g/mol. The first kappa shape index (κ1) is 15.3. The fourth-order valence-corrected chi connectivity index (χ4v) is 2.91. The molecule has 2 rings (SSSR count). The number of carbonyl (C=O) groups excluding carboxylic acids is 2. The zero-order chi connectivity index (χ0) is 14.7. The van der Waals surface area contributed by atoms with Crippen molar-refractivity contribution in [2.24, 2.45) is 0 Å². The summed E-state index contributed by atoms with van der Waals surface area (Å²) in [4.78, 5) is 26.1. The lowest BCUT2D eigenvalue weighted by molar-refractivity contribution is -0.126. The number of nitrogens with one attached hydrogen (secondary N) is 1. The van der Waals surface area contributed by atoms with Crippen molar-refractivity contribution in [2.75, 3.05) is 13.6 Å². The van der Waals surface area contributed by atoms with E-state index in [1.807, 2.05) is 0 Å². The lowest BCUT2D eigenvalue weighted by atomic mass is 10.00. The molecule has 1 heterocycles. The number of amides is 2. The molecule has 4 nitrogen and oxygen atoms in total. The van der Waals surface area contributed by atoms with Crippen LogP contribution >= 0.6 is 27.5 Å². The number of likely N-dealkylation sites (tertiary alicyclic amines) is 1. The molecule has 1 N–H and O–H groups in total. The van der Waals surface area contributed by atoms with Crippen molar-refractivity contribution in [1.29, 1.82) is 0 Å². The molecule has 0 saturated carbocycles. The highest BCUT2D eigenvalue weighted by Gasteiger charge is 2.32. The number of rotatable bonds is 2. The second-order valence-electron chi connectivity index (χ2n) is 4.75. The number of hydrogen-bond acceptors (Lipinski definition) is 2. The molecule has 2 amide bonds. The van der Waals surface area contributed by atoms with E-state index in [4.69, 9.17) is 11.6 Å². The van der Waals surface area contributed by atoms with E-state index < -0.39 is 0 Å². The van der Waals surface area contributed by atoms with Gasteiger partial charge in [-0.05, 0) is 53.4 Å². The minimum atomic E-state index is -0.379. The van der Waals surface area contributed by atoms with Gasteiger partial charge in [0.05, 0.1) is 5.02 Å². The van der Waals surface area contributed by atoms with Crippen LogP contribution in [0.2, 0.25) is 5.02 Å². The van der Waals surface area contributed by atoms with Gasteiger partial charge >= 0.3 is 0 Å². The van der Waals surface area contributed by atoms with Crippen molar-refractivity contribution in [1.82, 2.24) is 10.2 Å². The summed E-state index contributed by atoms with van der Waals surface area (Å²) in [6.07, 6.45) is 2.60. The van der Waals surface area contributed by atoms with Gasteiger partial charge in [0.1, 0.15) is 6.04 Å². The predicted octanol–water partition coefficient (Wildman–Crippen LogP) is 2.84. The molecule has 1 aliphatic heterocycles. The van der Waals surface area contributed by atoms with Gasteiger partial charge in [0.15, 0.2) is 0 Å². The minimum Gasteiger partial charge on any atom is -0.357 e. The van der Waals surface area contributed by atoms with E-state index in [1.165, 1.54) is 0 Å². The summed E-state index contributed by atoms with van der Waals surface area (Å²) in [5.74, 6) is -0.234. The maximum absolute atomic E-state index is 12.6. The van der Waals surface area contributed by atoms with Crippen LogP contribution in [-0.2, 0) is 4.79 Å². The van der Waals surface area contributed by atoms with Crippen LogP contribution in [0, 0.1) is 0 Å². The average Bonchev–Trinajstić information content (AvgIpc) is 2.48. The number of halogens is 2. The van der Waals surface area contributed by atoms with Crippen LogP contribution < -0.4 is 5.32 Å². The first-order valence-electron chi connectivity index (χ1n) is 6.52. The first-order valence-corrected chi connectivity index (χ1v) is 7.69. The Morgan fingerprint density at radius 3 is 2.80 bits per heavy atom. The molecule has 0 spiro atoms. The summed E-state index contributed by atoms with van der Waals surface area (Å²) in [5.41, 5.74) is 0.539. The third kappa shape index (κ3) is 3.15. The molecule has 1 aromatic rings. The minimum absolute atomic E-state index is 0.105. The zero-order valence-electron chi connectivity index (χ0n) is 11.2. The predicted molar refractivity (Wildman–Crippen MR) is 81.9 cm³/mol. The van der Waals surface area contributed by atoms with Crippen LogP contribution in [0.15, 0.2) is 22.7 Å². The van der Waals surface area contributed by atoms with E-state index in [9.17, 15) is 9.59 Å². The summed E-state index contributed by atoms with van der Waals surface area (Å²) in [6, 6.07) is 4.68. The standard InChI is InChI=1S/C14H16BrClN2O2/c1-17-13(19)12-4-2-3-7-18(12)14(20)9-5-6-11(16)10(15)8-9/h5-6,8,12H,2-4,7H2,1H3,(H,17,19). The highest BCUT2D eigenvalue weighted by atomic mass is 79.9. The van der Waals surface area contributed by atoms with Crippen molar-refractivity contribution in [3.63, 3.8) is 0 Å². The summed E-state index contributed by atoms with van der Waals surface area (Å²) in [7, 11) is 1.60. The van der Waals surface area contributed by atoms with Crippen LogP contribution in [0.4, 0.5) is 0 Å². The average molecular weight is 360 g/mol. The highest BCUT2D eigenvalue weighted by molar-refractivity contribution is 9.10. The number of hydrogen-bond donors (Lipinski definition) is 1. The van der Waals surface area contributed by atoms with E-state index in [0.29, 0.717) is 28.0 Å². The molecular weight excluding hydrogens is 344 g/mol. The third-order valence-corrected chi connectivity index (χ3v) is 4.69. The molecule has 108 valence electrons. The molecule has 0 aliphatic carbocycles. The Morgan fingerprint density at radius 1 is 1.40 bits per heavy atom. The van der Waals surface area contributed by atoms with Crippen LogP contribution in [0.3, 0.4) is 0 Å². The van der Waals surface area contributed by atoms with E-state index in [0.717, 1.165) is 12.8 Å². The van der Waals surface area contributed by atoms with Gasteiger partial charge in [-0.25, -0.2) is 0 Å². The lowest BCUT2D eigenvalue weighted by Crippen LogP contribution is -2.51. The van der Waals surface area contributed by atoms with Gasteiger partial charge in [-0.1, -0.05) is 11.6 Å². The summed E-state index contributed by atoms with van der Waals surface area (Å²) < 4.78 is 0.679. The van der Waals surface area contributed by atoms with Gasteiger partial charge in [-0.2, -0.15) is 0 Å². The summed E-state index contributed by atoms with van der Waals surface area (Å²) >= 11 is 9.25. The van der Waals surface area contributed by atoms with Crippen molar-refractivity contribution >= 4 is 39.3 Å². The number of piperidine rings is 1. The van der Waals surface area contributed by atoms with Gasteiger partial charge in [0.25, 0.3) is 5.91 Å². The molecule has 20 heavy (non-hydrogen) atoms. The number of nitrogens with zero attached hydrogens (tertiary/aromatic N) is 1. The molecule has 1 aromatic carbocycles. The van der Waals surface area contributed by atoms with E-state index in [1.54, 1.807) is 30.1 Å². The molecule has 1 atom stereocenters. The van der Waals surface area contributed by atoms with Gasteiger partial charge in [-0.3, -0.25) is 9.59 Å². The first-order chi connectivity index (χ1) is 9.54. The van der Waals surface area contributed by atoms with Crippen molar-refractivity contribution < 1.29 is 9.59 Å². The molecule has 6 heteroatoms. The Kier molecular flexibility index (Phi) is 5.05. The third-order valence-electron chi connectivity index (χ3n) is 3.48. The lowest BCUT2D eigenvalue weighted by Gasteiger charge is -2.34. The fraction of sp³-hybridized carbons (Fsp3) is 0.429. The van der Waals surface area contributed by atoms with Gasteiger partial charge < -0.3 is 10.2 Å². The maximum atomic E-state index is 12.6. The Hall–Kier alpha value is -1.07. The van der Waals surface area contributed by atoms with Gasteiger partial charge in [-0.15, -0.1) is 0 Å². The van der Waals surface area contributed by atoms with E-state index in [2.05, 4.69) is 21.2 Å². The smallest absolute Gasteiger partial charge is 0.254 e. The van der Waals surface area contributed by atoms with Crippen LogP contribution in [0.1, 0.15) is 29.6 Å². The quantitative estimate of drug-likeness (QED) is 0.883. The molecule has 0 radical (unpaired) electrons. The second-order valence-corrected chi connectivity index (χ2v) is 6.01. The summed E-state index contributed by atoms with van der Waals surface area (Å²) in [5, 5.41) is 3.19. The van der Waals surface area contributed by atoms with E-state index >= 15 is 0 Å². The molecule has 1 aliphatic rings. The number of benzene rings is 1. The van der Waals surface area contributed by atoms with Gasteiger partial charge in [0, 0.05) is 23.6 Å². The van der Waals surface area contributed by atoms with E-state index in [-0.39, 0.29) is 17.9 Å². The van der Waals surface area contributed by atoms with Gasteiger partial charge in [0.2, 0.25) is 5.91 Å². The van der Waals surface area contributed by atoms with Crippen LogP contribution in [0.25, 0.3) is 0 Å². The molecular formula is C14H16BrClN2O2. The normalized spacial score (nSPS) is 18.8. The molecule has 0 bridgehead atoms. The fourth-order valence-electron chi connectivity index (χ4n) is 2.41. The zero-order valence-corrected chi connectivity index (χ0v) is 13.5. The number of likely N-dealkylation sites (N-methyl/N-ethyl adjacent to an activating group) is 1. The summed E-state index contributed by atoms with van der Waals surface area (Å²) in [6.45, 7) is 0.608. The molecule has 1 saturated heterocycles. The second kappa shape index (κ2) is 6.59. The Morgan fingerprint density at radius 2 is 2.15 bits per heavy atom. The van der Waals surface area contributed by atoms with Crippen molar-refractivity contribution in [2.45, 2.75) is 25.3 Å². The maximum Gasteiger partial charge on any atom is 0.254 e. The molecule has 1 unspecified atom stereocenters. The van der Waals surface area contributed by atoms with Crippen molar-refractivity contribution in [3.8, 4) is 0 Å². The molecule has 1 fully saturated rings. The topological polar surface area (TPSA) is 49.4 Å². The SMILES string of the molecule is CNC(=O)C1CCCCN1C(=O)c1ccc(Cl)c(Br)c1. The van der Waals surface area contributed by atoms with Crippen LogP contribution in [0.5, 0.6) is 0 Å². The Bertz CT molecular complexity index is 536. The van der Waals surface area contributed by atoms with Crippen LogP contribution in [-0.4, -0.2) is 36.3 Å². The highest BCUT2D eigenvalue weighted by Crippen LogP contribution is 2.26. The van der Waals surface area contributed by atoms with Crippen molar-refractivity contribution in [3.05, 3.63) is 33.3 Å². The Labute approximate surface area is 131 Å².